The Bertz CT molecular complexity index is 282. The number of aliphatic hydroxyl groups is 1. The normalized spacial score (nSPS) is 32.9. The fourth-order valence-electron chi connectivity index (χ4n) is 2.88. The molecule has 2 atom stereocenters. The number of amides is 1. The molecule has 3 heteroatoms. The molecular formula is C13H23NO2. The summed E-state index contributed by atoms with van der Waals surface area (Å²) >= 11 is 0. The van der Waals surface area contributed by atoms with E-state index in [2.05, 4.69) is 6.92 Å². The van der Waals surface area contributed by atoms with Crippen molar-refractivity contribution in [1.82, 2.24) is 4.90 Å². The molecule has 2 fully saturated rings. The molecule has 92 valence electrons. The lowest BCUT2D eigenvalue weighted by Gasteiger charge is -2.50. The minimum Gasteiger partial charge on any atom is -0.386 e. The fourth-order valence-corrected chi connectivity index (χ4v) is 2.88. The van der Waals surface area contributed by atoms with Crippen LogP contribution in [0.5, 0.6) is 0 Å². The van der Waals surface area contributed by atoms with Crippen molar-refractivity contribution in [2.75, 3.05) is 13.1 Å². The standard InChI is InChI=1S/C13H23NO2/c1-9(2)13(16)7-14(8-13)12(15)11-6-4-5-10(11)3/h9-11,16H,4-8H2,1-3H3. The molecule has 2 unspecified atom stereocenters. The quantitative estimate of drug-likeness (QED) is 0.776. The van der Waals surface area contributed by atoms with E-state index >= 15 is 0 Å². The lowest BCUT2D eigenvalue weighted by molar-refractivity contribution is -0.168. The van der Waals surface area contributed by atoms with Gasteiger partial charge >= 0.3 is 0 Å². The lowest BCUT2D eigenvalue weighted by atomic mass is 9.81. The van der Waals surface area contributed by atoms with E-state index in [1.54, 1.807) is 0 Å². The number of carbonyl (C=O) groups excluding carboxylic acids is 1. The van der Waals surface area contributed by atoms with Crippen LogP contribution in [0.2, 0.25) is 0 Å². The second-order valence-corrected chi connectivity index (χ2v) is 5.97. The van der Waals surface area contributed by atoms with Gasteiger partial charge in [-0.05, 0) is 24.7 Å². The maximum atomic E-state index is 12.2. The summed E-state index contributed by atoms with van der Waals surface area (Å²) in [6.07, 6.45) is 3.40. The van der Waals surface area contributed by atoms with Crippen LogP contribution in [0.3, 0.4) is 0 Å². The first-order chi connectivity index (χ1) is 7.44. The molecule has 0 aromatic heterocycles. The van der Waals surface area contributed by atoms with Crippen molar-refractivity contribution in [3.05, 3.63) is 0 Å². The fraction of sp³-hybridized carbons (Fsp3) is 0.923. The first-order valence-corrected chi connectivity index (χ1v) is 6.45. The summed E-state index contributed by atoms with van der Waals surface area (Å²) in [7, 11) is 0. The third-order valence-electron chi connectivity index (χ3n) is 4.49. The largest absolute Gasteiger partial charge is 0.386 e. The second kappa shape index (κ2) is 4.02. The predicted octanol–water partition coefficient (Wildman–Crippen LogP) is 1.65. The van der Waals surface area contributed by atoms with Crippen molar-refractivity contribution < 1.29 is 9.90 Å². The van der Waals surface area contributed by atoms with Gasteiger partial charge in [-0.1, -0.05) is 27.2 Å². The van der Waals surface area contributed by atoms with E-state index in [1.165, 1.54) is 12.8 Å². The van der Waals surface area contributed by atoms with Crippen LogP contribution in [0.15, 0.2) is 0 Å². The van der Waals surface area contributed by atoms with Crippen molar-refractivity contribution in [2.24, 2.45) is 17.8 Å². The van der Waals surface area contributed by atoms with Gasteiger partial charge in [0, 0.05) is 5.92 Å². The highest BCUT2D eigenvalue weighted by Gasteiger charge is 2.47. The minimum absolute atomic E-state index is 0.219. The van der Waals surface area contributed by atoms with Crippen LogP contribution < -0.4 is 0 Å². The molecule has 16 heavy (non-hydrogen) atoms. The second-order valence-electron chi connectivity index (χ2n) is 5.97. The number of hydrogen-bond acceptors (Lipinski definition) is 2. The van der Waals surface area contributed by atoms with Gasteiger partial charge in [-0.15, -0.1) is 0 Å². The molecule has 1 saturated heterocycles. The lowest BCUT2D eigenvalue weighted by Crippen LogP contribution is -2.66. The predicted molar refractivity (Wildman–Crippen MR) is 62.9 cm³/mol. The first kappa shape index (κ1) is 11.9. The molecule has 2 aliphatic rings. The van der Waals surface area contributed by atoms with Gasteiger partial charge in [0.15, 0.2) is 0 Å². The summed E-state index contributed by atoms with van der Waals surface area (Å²) in [4.78, 5) is 14.0. The third-order valence-corrected chi connectivity index (χ3v) is 4.49. The Kier molecular flexibility index (Phi) is 2.99. The Hall–Kier alpha value is -0.570. The molecule has 3 nitrogen and oxygen atoms in total. The van der Waals surface area contributed by atoms with Crippen molar-refractivity contribution >= 4 is 5.91 Å². The van der Waals surface area contributed by atoms with Gasteiger partial charge in [-0.3, -0.25) is 4.79 Å². The van der Waals surface area contributed by atoms with Gasteiger partial charge in [-0.2, -0.15) is 0 Å². The van der Waals surface area contributed by atoms with Crippen LogP contribution >= 0.6 is 0 Å². The number of hydrogen-bond donors (Lipinski definition) is 1. The molecule has 0 aromatic carbocycles. The maximum Gasteiger partial charge on any atom is 0.226 e. The smallest absolute Gasteiger partial charge is 0.226 e. The summed E-state index contributed by atoms with van der Waals surface area (Å²) < 4.78 is 0. The molecule has 0 spiro atoms. The highest BCUT2D eigenvalue weighted by atomic mass is 16.3. The van der Waals surface area contributed by atoms with Crippen LogP contribution in [0, 0.1) is 17.8 Å². The zero-order chi connectivity index (χ0) is 11.9. The van der Waals surface area contributed by atoms with Gasteiger partial charge in [0.2, 0.25) is 5.91 Å². The van der Waals surface area contributed by atoms with Gasteiger partial charge in [0.1, 0.15) is 5.60 Å². The molecule has 1 saturated carbocycles. The Balaban J connectivity index is 1.90. The Labute approximate surface area is 97.8 Å². The van der Waals surface area contributed by atoms with E-state index in [1.807, 2.05) is 18.7 Å². The average Bonchev–Trinajstić information content (AvgIpc) is 2.58. The van der Waals surface area contributed by atoms with Crippen LogP contribution in [0.25, 0.3) is 0 Å². The number of carbonyl (C=O) groups is 1. The third kappa shape index (κ3) is 1.86. The minimum atomic E-state index is -0.627. The zero-order valence-electron chi connectivity index (χ0n) is 10.6. The van der Waals surface area contributed by atoms with E-state index < -0.39 is 5.60 Å². The van der Waals surface area contributed by atoms with Crippen LogP contribution in [0.4, 0.5) is 0 Å². The number of rotatable bonds is 2. The number of nitrogens with zero attached hydrogens (tertiary/aromatic N) is 1. The summed E-state index contributed by atoms with van der Waals surface area (Å²) in [5.74, 6) is 1.25. The summed E-state index contributed by atoms with van der Waals surface area (Å²) in [5.41, 5.74) is -0.627. The molecule has 1 amide bonds. The summed E-state index contributed by atoms with van der Waals surface area (Å²) in [6, 6.07) is 0. The zero-order valence-corrected chi connectivity index (χ0v) is 10.6. The van der Waals surface area contributed by atoms with Crippen LogP contribution in [-0.4, -0.2) is 34.6 Å². The van der Waals surface area contributed by atoms with Crippen molar-refractivity contribution in [3.8, 4) is 0 Å². The maximum absolute atomic E-state index is 12.2. The molecule has 0 aromatic rings. The highest BCUT2D eigenvalue weighted by Crippen LogP contribution is 2.36. The van der Waals surface area contributed by atoms with Crippen LogP contribution in [0.1, 0.15) is 40.0 Å². The van der Waals surface area contributed by atoms with E-state index in [9.17, 15) is 9.90 Å². The summed E-state index contributed by atoms with van der Waals surface area (Å²) in [5, 5.41) is 10.1. The Morgan fingerprint density at radius 3 is 2.44 bits per heavy atom. The first-order valence-electron chi connectivity index (χ1n) is 6.45. The molecule has 0 radical (unpaired) electrons. The molecule has 1 N–H and O–H groups in total. The molecule has 1 heterocycles. The monoisotopic (exact) mass is 225 g/mol. The molecular weight excluding hydrogens is 202 g/mol. The molecule has 1 aliphatic carbocycles. The summed E-state index contributed by atoms with van der Waals surface area (Å²) in [6.45, 7) is 7.27. The topological polar surface area (TPSA) is 40.5 Å². The molecule has 0 bridgehead atoms. The van der Waals surface area contributed by atoms with Crippen molar-refractivity contribution in [3.63, 3.8) is 0 Å². The van der Waals surface area contributed by atoms with Crippen molar-refractivity contribution in [1.29, 1.82) is 0 Å². The average molecular weight is 225 g/mol. The SMILES string of the molecule is CC1CCCC1C(=O)N1CC(O)(C(C)C)C1. The highest BCUT2D eigenvalue weighted by molar-refractivity contribution is 5.80. The molecule has 1 aliphatic heterocycles. The van der Waals surface area contributed by atoms with E-state index in [-0.39, 0.29) is 17.7 Å². The van der Waals surface area contributed by atoms with Crippen molar-refractivity contribution in [2.45, 2.75) is 45.6 Å². The van der Waals surface area contributed by atoms with Crippen LogP contribution in [-0.2, 0) is 4.79 Å². The van der Waals surface area contributed by atoms with Gasteiger partial charge in [0.05, 0.1) is 13.1 Å². The van der Waals surface area contributed by atoms with E-state index in [0.29, 0.717) is 19.0 Å². The molecule has 2 rings (SSSR count). The van der Waals surface area contributed by atoms with E-state index in [4.69, 9.17) is 0 Å². The van der Waals surface area contributed by atoms with E-state index in [0.717, 1.165) is 6.42 Å². The Morgan fingerprint density at radius 2 is 2.00 bits per heavy atom. The van der Waals surface area contributed by atoms with Gasteiger partial charge in [-0.25, -0.2) is 0 Å². The van der Waals surface area contributed by atoms with Gasteiger partial charge < -0.3 is 10.0 Å². The number of likely N-dealkylation sites (tertiary alicyclic amines) is 1. The number of β-amino-alcohol motifs (C(OH)–C–C–N with tert-alkyl or cyclic N) is 1. The van der Waals surface area contributed by atoms with Gasteiger partial charge in [0.25, 0.3) is 0 Å². The Morgan fingerprint density at radius 1 is 1.38 bits per heavy atom.